The summed E-state index contributed by atoms with van der Waals surface area (Å²) in [7, 11) is 1.55. The van der Waals surface area contributed by atoms with Crippen LogP contribution in [0.2, 0.25) is 0 Å². The van der Waals surface area contributed by atoms with Gasteiger partial charge in [-0.2, -0.15) is 0 Å². The maximum Gasteiger partial charge on any atom is 0.339 e. The van der Waals surface area contributed by atoms with Crippen molar-refractivity contribution in [1.29, 1.82) is 0 Å². The first kappa shape index (κ1) is 9.77. The molecule has 3 heteroatoms. The lowest BCUT2D eigenvalue weighted by atomic mass is 10.1. The molecular weight excluding hydrogens is 192 g/mol. The SMILES string of the molecule is COc1cc(=O)oc2c(C)c(C)ccc12. The molecule has 0 atom stereocenters. The Kier molecular flexibility index (Phi) is 2.23. The Morgan fingerprint density at radius 3 is 2.67 bits per heavy atom. The molecule has 0 unspecified atom stereocenters. The normalized spacial score (nSPS) is 10.6. The summed E-state index contributed by atoms with van der Waals surface area (Å²) in [6.45, 7) is 3.91. The van der Waals surface area contributed by atoms with E-state index in [1.165, 1.54) is 6.07 Å². The maximum absolute atomic E-state index is 11.3. The fourth-order valence-corrected chi connectivity index (χ4v) is 1.60. The molecule has 0 amide bonds. The molecule has 0 fully saturated rings. The van der Waals surface area contributed by atoms with Gasteiger partial charge in [-0.05, 0) is 31.0 Å². The van der Waals surface area contributed by atoms with Crippen LogP contribution in [-0.2, 0) is 0 Å². The Hall–Kier alpha value is -1.77. The zero-order valence-electron chi connectivity index (χ0n) is 8.96. The van der Waals surface area contributed by atoms with Crippen molar-refractivity contribution >= 4 is 11.0 Å². The zero-order chi connectivity index (χ0) is 11.0. The standard InChI is InChI=1S/C12H12O3/c1-7-4-5-9-10(14-3)6-11(13)15-12(9)8(7)2/h4-6H,1-3H3. The van der Waals surface area contributed by atoms with E-state index in [-0.39, 0.29) is 5.63 Å². The van der Waals surface area contributed by atoms with E-state index in [0.717, 1.165) is 16.5 Å². The van der Waals surface area contributed by atoms with Gasteiger partial charge < -0.3 is 9.15 Å². The van der Waals surface area contributed by atoms with Gasteiger partial charge in [-0.15, -0.1) is 0 Å². The van der Waals surface area contributed by atoms with Gasteiger partial charge in [-0.3, -0.25) is 0 Å². The Balaban J connectivity index is 2.96. The van der Waals surface area contributed by atoms with Crippen molar-refractivity contribution < 1.29 is 9.15 Å². The smallest absolute Gasteiger partial charge is 0.339 e. The molecule has 1 heterocycles. The number of methoxy groups -OCH3 is 1. The van der Waals surface area contributed by atoms with Crippen molar-refractivity contribution in [3.05, 3.63) is 39.7 Å². The van der Waals surface area contributed by atoms with Crippen LogP contribution in [-0.4, -0.2) is 7.11 Å². The highest BCUT2D eigenvalue weighted by Crippen LogP contribution is 2.27. The number of fused-ring (bicyclic) bond motifs is 1. The molecule has 0 spiro atoms. The van der Waals surface area contributed by atoms with E-state index >= 15 is 0 Å². The largest absolute Gasteiger partial charge is 0.496 e. The van der Waals surface area contributed by atoms with Crippen molar-refractivity contribution in [2.75, 3.05) is 7.11 Å². The lowest BCUT2D eigenvalue weighted by molar-refractivity contribution is 0.413. The minimum absolute atomic E-state index is 0.381. The van der Waals surface area contributed by atoms with E-state index in [1.54, 1.807) is 7.11 Å². The third kappa shape index (κ3) is 1.50. The van der Waals surface area contributed by atoms with Crippen LogP contribution in [0.15, 0.2) is 27.4 Å². The monoisotopic (exact) mass is 204 g/mol. The molecule has 0 aliphatic rings. The van der Waals surface area contributed by atoms with E-state index in [1.807, 2.05) is 26.0 Å². The summed E-state index contributed by atoms with van der Waals surface area (Å²) >= 11 is 0. The van der Waals surface area contributed by atoms with Gasteiger partial charge in [-0.1, -0.05) is 6.07 Å². The number of hydrogen-bond donors (Lipinski definition) is 0. The van der Waals surface area contributed by atoms with Gasteiger partial charge in [0.2, 0.25) is 0 Å². The molecule has 0 aliphatic carbocycles. The van der Waals surface area contributed by atoms with Crippen LogP contribution >= 0.6 is 0 Å². The van der Waals surface area contributed by atoms with E-state index in [4.69, 9.17) is 9.15 Å². The Labute approximate surface area is 87.3 Å². The summed E-state index contributed by atoms with van der Waals surface area (Å²) < 4.78 is 10.3. The highest BCUT2D eigenvalue weighted by atomic mass is 16.5. The van der Waals surface area contributed by atoms with Gasteiger partial charge in [0.25, 0.3) is 0 Å². The van der Waals surface area contributed by atoms with Crippen LogP contribution in [0.1, 0.15) is 11.1 Å². The highest BCUT2D eigenvalue weighted by Gasteiger charge is 2.08. The van der Waals surface area contributed by atoms with Gasteiger partial charge in [0.05, 0.1) is 18.6 Å². The average Bonchev–Trinajstić information content (AvgIpc) is 2.23. The number of hydrogen-bond acceptors (Lipinski definition) is 3. The second kappa shape index (κ2) is 3.42. The summed E-state index contributed by atoms with van der Waals surface area (Å²) in [4.78, 5) is 11.3. The highest BCUT2D eigenvalue weighted by molar-refractivity contribution is 5.86. The molecule has 15 heavy (non-hydrogen) atoms. The lowest BCUT2D eigenvalue weighted by Gasteiger charge is -2.07. The Bertz CT molecular complexity index is 567. The first-order valence-corrected chi connectivity index (χ1v) is 4.71. The van der Waals surface area contributed by atoms with Crippen molar-refractivity contribution in [3.8, 4) is 5.75 Å². The van der Waals surface area contributed by atoms with Crippen molar-refractivity contribution in [1.82, 2.24) is 0 Å². The minimum Gasteiger partial charge on any atom is -0.496 e. The van der Waals surface area contributed by atoms with Crippen LogP contribution < -0.4 is 10.4 Å². The maximum atomic E-state index is 11.3. The van der Waals surface area contributed by atoms with E-state index < -0.39 is 0 Å². The number of aryl methyl sites for hydroxylation is 2. The molecule has 2 rings (SSSR count). The van der Waals surface area contributed by atoms with Crippen LogP contribution in [0, 0.1) is 13.8 Å². The predicted octanol–water partition coefficient (Wildman–Crippen LogP) is 2.42. The fraction of sp³-hybridized carbons (Fsp3) is 0.250. The topological polar surface area (TPSA) is 39.4 Å². The number of benzene rings is 1. The average molecular weight is 204 g/mol. The molecule has 0 N–H and O–H groups in total. The molecular formula is C12H12O3. The van der Waals surface area contributed by atoms with Crippen LogP contribution in [0.4, 0.5) is 0 Å². The van der Waals surface area contributed by atoms with Gasteiger partial charge in [0.15, 0.2) is 0 Å². The van der Waals surface area contributed by atoms with Crippen LogP contribution in [0.25, 0.3) is 11.0 Å². The van der Waals surface area contributed by atoms with Crippen molar-refractivity contribution in [3.63, 3.8) is 0 Å². The molecule has 1 aromatic carbocycles. The van der Waals surface area contributed by atoms with Gasteiger partial charge in [-0.25, -0.2) is 4.79 Å². The molecule has 0 saturated carbocycles. The molecule has 0 aliphatic heterocycles. The first-order valence-electron chi connectivity index (χ1n) is 4.71. The Morgan fingerprint density at radius 2 is 2.00 bits per heavy atom. The zero-order valence-corrected chi connectivity index (χ0v) is 8.96. The summed E-state index contributed by atoms with van der Waals surface area (Å²) in [5.41, 5.74) is 2.30. The number of rotatable bonds is 1. The van der Waals surface area contributed by atoms with Crippen LogP contribution in [0.3, 0.4) is 0 Å². The second-order valence-corrected chi connectivity index (χ2v) is 3.52. The summed E-state index contributed by atoms with van der Waals surface area (Å²) in [5, 5.41) is 0.834. The summed E-state index contributed by atoms with van der Waals surface area (Å²) in [5.74, 6) is 0.560. The molecule has 2 aromatic rings. The third-order valence-electron chi connectivity index (χ3n) is 2.61. The van der Waals surface area contributed by atoms with Crippen LogP contribution in [0.5, 0.6) is 5.75 Å². The molecule has 0 radical (unpaired) electrons. The molecule has 1 aromatic heterocycles. The summed E-state index contributed by atoms with van der Waals surface area (Å²) in [6.07, 6.45) is 0. The molecule has 0 bridgehead atoms. The van der Waals surface area contributed by atoms with Gasteiger partial charge in [0.1, 0.15) is 11.3 Å². The minimum atomic E-state index is -0.381. The Morgan fingerprint density at radius 1 is 1.27 bits per heavy atom. The predicted molar refractivity (Wildman–Crippen MR) is 58.5 cm³/mol. The second-order valence-electron chi connectivity index (χ2n) is 3.52. The molecule has 0 saturated heterocycles. The van der Waals surface area contributed by atoms with E-state index in [2.05, 4.69) is 0 Å². The van der Waals surface area contributed by atoms with Gasteiger partial charge in [0, 0.05) is 0 Å². The lowest BCUT2D eigenvalue weighted by Crippen LogP contribution is -2.00. The third-order valence-corrected chi connectivity index (χ3v) is 2.61. The van der Waals surface area contributed by atoms with E-state index in [0.29, 0.717) is 11.3 Å². The number of ether oxygens (including phenoxy) is 1. The molecule has 78 valence electrons. The van der Waals surface area contributed by atoms with Crippen molar-refractivity contribution in [2.24, 2.45) is 0 Å². The van der Waals surface area contributed by atoms with Crippen molar-refractivity contribution in [2.45, 2.75) is 13.8 Å². The summed E-state index contributed by atoms with van der Waals surface area (Å²) in [6, 6.07) is 5.25. The quantitative estimate of drug-likeness (QED) is 0.669. The van der Waals surface area contributed by atoms with Gasteiger partial charge >= 0.3 is 5.63 Å². The van der Waals surface area contributed by atoms with E-state index in [9.17, 15) is 4.79 Å². The fourth-order valence-electron chi connectivity index (χ4n) is 1.60. The molecule has 3 nitrogen and oxygen atoms in total. The first-order chi connectivity index (χ1) is 7.13.